The van der Waals surface area contributed by atoms with Gasteiger partial charge < -0.3 is 19.7 Å². The molecule has 2 aromatic rings. The highest BCUT2D eigenvalue weighted by atomic mass is 16.6. The summed E-state index contributed by atoms with van der Waals surface area (Å²) in [6.45, 7) is 7.58. The molecule has 0 N–H and O–H groups in total. The van der Waals surface area contributed by atoms with Crippen molar-refractivity contribution in [3.8, 4) is 0 Å². The monoisotopic (exact) mass is 403 g/mol. The van der Waals surface area contributed by atoms with Crippen molar-refractivity contribution in [2.45, 2.75) is 6.10 Å². The number of ether oxygens (including phenoxy) is 1. The van der Waals surface area contributed by atoms with Crippen molar-refractivity contribution in [1.29, 1.82) is 0 Å². The topological polar surface area (TPSA) is 60.7 Å². The van der Waals surface area contributed by atoms with Gasteiger partial charge in [-0.2, -0.15) is 4.74 Å². The second kappa shape index (κ2) is 7.11. The molecule has 1 atom stereocenters. The number of nitrogens with zero attached hydrogens (tertiary/aromatic N) is 5. The number of anilines is 2. The summed E-state index contributed by atoms with van der Waals surface area (Å²) in [5.41, 5.74) is 4.39. The maximum Gasteiger partial charge on any atom is 0.267 e. The largest absolute Gasteiger partial charge is 0.618 e. The summed E-state index contributed by atoms with van der Waals surface area (Å²) < 4.78 is 6.43. The predicted molar refractivity (Wildman–Crippen MR) is 118 cm³/mol. The van der Waals surface area contributed by atoms with E-state index in [1.54, 1.807) is 0 Å². The molecule has 7 nitrogen and oxygen atoms in total. The first kappa shape index (κ1) is 17.9. The second-order valence-electron chi connectivity index (χ2n) is 8.28. The molecule has 4 aliphatic rings. The first-order valence-corrected chi connectivity index (χ1v) is 10.7. The summed E-state index contributed by atoms with van der Waals surface area (Å²) >= 11 is 0. The van der Waals surface area contributed by atoms with Crippen LogP contribution < -0.4 is 9.80 Å². The highest BCUT2D eigenvalue weighted by Gasteiger charge is 2.38. The zero-order chi connectivity index (χ0) is 20.1. The molecule has 6 rings (SSSR count). The van der Waals surface area contributed by atoms with Crippen molar-refractivity contribution in [1.82, 2.24) is 4.90 Å². The number of hydrogen-bond acceptors (Lipinski definition) is 6. The van der Waals surface area contributed by atoms with Gasteiger partial charge in [-0.25, -0.2) is 0 Å². The Hall–Kier alpha value is -2.90. The lowest BCUT2D eigenvalue weighted by atomic mass is 10.0. The van der Waals surface area contributed by atoms with Crippen LogP contribution in [0.3, 0.4) is 0 Å². The molecule has 2 fully saturated rings. The summed E-state index contributed by atoms with van der Waals surface area (Å²) in [6.07, 6.45) is 0.450. The molecule has 2 aromatic carbocycles. The predicted octanol–water partition coefficient (Wildman–Crippen LogP) is 2.07. The molecular weight excluding hydrogens is 378 g/mol. The fourth-order valence-corrected chi connectivity index (χ4v) is 4.68. The highest BCUT2D eigenvalue weighted by Crippen LogP contribution is 2.38. The third-order valence-corrected chi connectivity index (χ3v) is 6.37. The van der Waals surface area contributed by atoms with E-state index in [0.29, 0.717) is 24.0 Å². The molecule has 1 unspecified atom stereocenters. The Bertz CT molecular complexity index is 1020. The van der Waals surface area contributed by atoms with Gasteiger partial charge in [0.1, 0.15) is 5.69 Å². The van der Waals surface area contributed by atoms with Crippen molar-refractivity contribution in [3.05, 3.63) is 59.3 Å². The molecule has 0 aliphatic carbocycles. The van der Waals surface area contributed by atoms with Crippen molar-refractivity contribution in [3.63, 3.8) is 0 Å². The molecule has 0 saturated carbocycles. The Morgan fingerprint density at radius 2 is 1.83 bits per heavy atom. The molecule has 2 saturated heterocycles. The van der Waals surface area contributed by atoms with Crippen LogP contribution in [0.15, 0.2) is 53.5 Å². The molecule has 0 aromatic heterocycles. The summed E-state index contributed by atoms with van der Waals surface area (Å²) in [7, 11) is 0. The van der Waals surface area contributed by atoms with E-state index in [1.165, 1.54) is 5.69 Å². The van der Waals surface area contributed by atoms with E-state index in [2.05, 4.69) is 31.8 Å². The van der Waals surface area contributed by atoms with Crippen molar-refractivity contribution >= 4 is 28.6 Å². The standard InChI is InChI=1S/C23H25N5O2/c29-28-20-7-6-18(26-12-10-25(11-13-26)15-19-16-30-19)14-21(20)27-9-8-24-23(27)22(28)17-4-2-1-3-5-17/h1-7,14,19H,8-13,15-16H2. The first-order chi connectivity index (χ1) is 14.8. The van der Waals surface area contributed by atoms with Crippen LogP contribution in [0.5, 0.6) is 0 Å². The lowest BCUT2D eigenvalue weighted by Gasteiger charge is -2.36. The summed E-state index contributed by atoms with van der Waals surface area (Å²) in [4.78, 5) is 11.8. The third-order valence-electron chi connectivity index (χ3n) is 6.37. The fraction of sp³-hybridized carbons (Fsp3) is 0.391. The maximum atomic E-state index is 13.3. The molecule has 154 valence electrons. The van der Waals surface area contributed by atoms with Gasteiger partial charge in [0.2, 0.25) is 11.5 Å². The van der Waals surface area contributed by atoms with Crippen LogP contribution in [0, 0.1) is 5.21 Å². The Morgan fingerprint density at radius 1 is 1.03 bits per heavy atom. The Labute approximate surface area is 176 Å². The fourth-order valence-electron chi connectivity index (χ4n) is 4.68. The van der Waals surface area contributed by atoms with E-state index in [9.17, 15) is 5.21 Å². The van der Waals surface area contributed by atoms with Crippen LogP contribution in [0.2, 0.25) is 0 Å². The molecule has 7 heteroatoms. The van der Waals surface area contributed by atoms with Gasteiger partial charge in [0.15, 0.2) is 0 Å². The van der Waals surface area contributed by atoms with E-state index in [1.807, 2.05) is 36.4 Å². The maximum absolute atomic E-state index is 13.3. The molecular formula is C23H25N5O2. The van der Waals surface area contributed by atoms with Crippen molar-refractivity contribution in [2.24, 2.45) is 4.99 Å². The van der Waals surface area contributed by atoms with Crippen LogP contribution in [0.1, 0.15) is 5.56 Å². The van der Waals surface area contributed by atoms with E-state index in [4.69, 9.17) is 4.74 Å². The smallest absolute Gasteiger partial charge is 0.267 e. The molecule has 0 radical (unpaired) electrons. The van der Waals surface area contributed by atoms with Gasteiger partial charge in [-0.05, 0) is 24.3 Å². The van der Waals surface area contributed by atoms with Crippen LogP contribution in [0.25, 0.3) is 0 Å². The first-order valence-electron chi connectivity index (χ1n) is 10.7. The second-order valence-corrected chi connectivity index (χ2v) is 8.28. The number of fused-ring (bicyclic) bond motifs is 3. The van der Waals surface area contributed by atoms with Gasteiger partial charge >= 0.3 is 0 Å². The number of amidine groups is 1. The number of piperazine rings is 1. The lowest BCUT2D eigenvalue weighted by molar-refractivity contribution is -0.358. The van der Waals surface area contributed by atoms with Crippen LogP contribution in [-0.2, 0) is 4.74 Å². The summed E-state index contributed by atoms with van der Waals surface area (Å²) in [5, 5.41) is 13.3. The van der Waals surface area contributed by atoms with Gasteiger partial charge in [0, 0.05) is 51.0 Å². The average molecular weight is 403 g/mol. The number of benzene rings is 2. The van der Waals surface area contributed by atoms with E-state index >= 15 is 0 Å². The Kier molecular flexibility index (Phi) is 4.24. The van der Waals surface area contributed by atoms with Crippen LogP contribution >= 0.6 is 0 Å². The van der Waals surface area contributed by atoms with Gasteiger partial charge in [0.25, 0.3) is 5.71 Å². The van der Waals surface area contributed by atoms with Crippen molar-refractivity contribution < 1.29 is 9.48 Å². The van der Waals surface area contributed by atoms with Crippen LogP contribution in [0.4, 0.5) is 17.1 Å². The van der Waals surface area contributed by atoms with E-state index in [-0.39, 0.29) is 0 Å². The zero-order valence-corrected chi connectivity index (χ0v) is 16.9. The minimum atomic E-state index is 0.450. The highest BCUT2D eigenvalue weighted by molar-refractivity contribution is 6.51. The van der Waals surface area contributed by atoms with E-state index < -0.39 is 0 Å². The quantitative estimate of drug-likeness (QED) is 0.444. The van der Waals surface area contributed by atoms with Gasteiger partial charge in [-0.15, -0.1) is 0 Å². The number of aliphatic imine (C=N–C) groups is 1. The summed E-state index contributed by atoms with van der Waals surface area (Å²) in [5.74, 6) is 0.787. The third kappa shape index (κ3) is 3.05. The number of hydrogen-bond donors (Lipinski definition) is 0. The summed E-state index contributed by atoms with van der Waals surface area (Å²) in [6, 6.07) is 16.1. The van der Waals surface area contributed by atoms with Crippen molar-refractivity contribution in [2.75, 3.05) is 62.2 Å². The van der Waals surface area contributed by atoms with E-state index in [0.717, 1.165) is 67.7 Å². The minimum Gasteiger partial charge on any atom is -0.618 e. The van der Waals surface area contributed by atoms with Crippen LogP contribution in [-0.4, -0.2) is 79.7 Å². The Morgan fingerprint density at radius 3 is 2.60 bits per heavy atom. The number of rotatable bonds is 4. The molecule has 4 aliphatic heterocycles. The molecule has 30 heavy (non-hydrogen) atoms. The van der Waals surface area contributed by atoms with Gasteiger partial charge in [-0.3, -0.25) is 9.89 Å². The molecule has 0 bridgehead atoms. The molecule has 4 heterocycles. The number of epoxide rings is 1. The molecule has 0 amide bonds. The molecule has 0 spiro atoms. The normalized spacial score (nSPS) is 23.3. The average Bonchev–Trinajstić information content (AvgIpc) is 3.47. The van der Waals surface area contributed by atoms with Gasteiger partial charge in [0.05, 0.1) is 24.8 Å². The lowest BCUT2D eigenvalue weighted by Crippen LogP contribution is -2.47. The SMILES string of the molecule is [O-][N+]1=C(c2ccccc2)C2=NCCN2c2cc(N3CCN(CC4CO4)CC3)ccc21. The zero-order valence-electron chi connectivity index (χ0n) is 16.9. The Balaban J connectivity index is 1.31. The minimum absolute atomic E-state index is 0.450. The van der Waals surface area contributed by atoms with Gasteiger partial charge in [-0.1, -0.05) is 18.2 Å².